The van der Waals surface area contributed by atoms with E-state index in [9.17, 15) is 4.79 Å². The van der Waals surface area contributed by atoms with Crippen molar-refractivity contribution in [1.82, 2.24) is 5.32 Å². The van der Waals surface area contributed by atoms with Gasteiger partial charge in [0.05, 0.1) is 18.2 Å². The zero-order chi connectivity index (χ0) is 17.2. The Labute approximate surface area is 142 Å². The summed E-state index contributed by atoms with van der Waals surface area (Å²) in [6.45, 7) is 3.74. The fourth-order valence-electron chi connectivity index (χ4n) is 2.21. The highest BCUT2D eigenvalue weighted by Gasteiger charge is 2.06. The van der Waals surface area contributed by atoms with E-state index in [0.29, 0.717) is 24.4 Å². The molecule has 2 aromatic rings. The van der Waals surface area contributed by atoms with Crippen molar-refractivity contribution in [3.63, 3.8) is 0 Å². The molecule has 2 N–H and O–H groups in total. The van der Waals surface area contributed by atoms with Crippen molar-refractivity contribution >= 4 is 11.7 Å². The van der Waals surface area contributed by atoms with Crippen molar-refractivity contribution in [3.05, 3.63) is 65.2 Å². The van der Waals surface area contributed by atoms with Crippen molar-refractivity contribution in [1.29, 1.82) is 5.26 Å². The molecule has 0 aliphatic rings. The summed E-state index contributed by atoms with van der Waals surface area (Å²) in [6, 6.07) is 16.4. The number of benzene rings is 2. The third-order valence-corrected chi connectivity index (χ3v) is 3.41. The number of ether oxygens (including phenoxy) is 1. The van der Waals surface area contributed by atoms with E-state index < -0.39 is 0 Å². The van der Waals surface area contributed by atoms with E-state index in [-0.39, 0.29) is 6.03 Å². The van der Waals surface area contributed by atoms with Crippen LogP contribution in [0, 0.1) is 11.3 Å². The Kier molecular flexibility index (Phi) is 6.81. The number of hydrogen-bond donors (Lipinski definition) is 2. The lowest BCUT2D eigenvalue weighted by Gasteiger charge is -2.12. The van der Waals surface area contributed by atoms with E-state index in [2.05, 4.69) is 17.6 Å². The van der Waals surface area contributed by atoms with Gasteiger partial charge in [0.1, 0.15) is 0 Å². The molecule has 24 heavy (non-hydrogen) atoms. The number of rotatable bonds is 7. The first-order valence-electron chi connectivity index (χ1n) is 7.92. The smallest absolute Gasteiger partial charge is 0.319 e. The minimum Gasteiger partial charge on any atom is -0.377 e. The Hall–Kier alpha value is -2.84. The molecule has 2 aromatic carbocycles. The molecule has 0 bridgehead atoms. The van der Waals surface area contributed by atoms with Gasteiger partial charge >= 0.3 is 6.03 Å². The van der Waals surface area contributed by atoms with Gasteiger partial charge in [-0.3, -0.25) is 0 Å². The molecule has 0 radical (unpaired) electrons. The maximum Gasteiger partial charge on any atom is 0.319 e. The molecule has 5 nitrogen and oxygen atoms in total. The van der Waals surface area contributed by atoms with E-state index in [4.69, 9.17) is 10.00 Å². The second-order valence-corrected chi connectivity index (χ2v) is 5.32. The fourth-order valence-corrected chi connectivity index (χ4v) is 2.21. The number of amides is 2. The average molecular weight is 323 g/mol. The van der Waals surface area contributed by atoms with Crippen molar-refractivity contribution in [3.8, 4) is 6.07 Å². The predicted octanol–water partition coefficient (Wildman–Crippen LogP) is 3.81. The molecular weight excluding hydrogens is 302 g/mol. The fraction of sp³-hybridized carbons (Fsp3) is 0.263. The van der Waals surface area contributed by atoms with Crippen molar-refractivity contribution in [2.24, 2.45) is 0 Å². The molecule has 0 heterocycles. The molecule has 124 valence electrons. The minimum atomic E-state index is -0.311. The number of hydrogen-bond acceptors (Lipinski definition) is 3. The summed E-state index contributed by atoms with van der Waals surface area (Å²) in [7, 11) is 0. The van der Waals surface area contributed by atoms with E-state index in [1.807, 2.05) is 30.3 Å². The Morgan fingerprint density at radius 1 is 1.17 bits per heavy atom. The van der Waals surface area contributed by atoms with Gasteiger partial charge in [-0.05, 0) is 35.7 Å². The summed E-state index contributed by atoms with van der Waals surface area (Å²) >= 11 is 0. The van der Waals surface area contributed by atoms with Crippen LogP contribution in [0.3, 0.4) is 0 Å². The monoisotopic (exact) mass is 323 g/mol. The molecule has 5 heteroatoms. The molecule has 2 rings (SSSR count). The second kappa shape index (κ2) is 9.33. The number of carbonyl (C=O) groups is 1. The highest BCUT2D eigenvalue weighted by molar-refractivity contribution is 5.89. The Morgan fingerprint density at radius 2 is 1.96 bits per heavy atom. The molecule has 2 amide bonds. The van der Waals surface area contributed by atoms with Crippen LogP contribution in [0.2, 0.25) is 0 Å². The zero-order valence-corrected chi connectivity index (χ0v) is 13.7. The summed E-state index contributed by atoms with van der Waals surface area (Å²) in [5.74, 6) is 0. The molecule has 0 aliphatic heterocycles. The van der Waals surface area contributed by atoms with Gasteiger partial charge in [-0.15, -0.1) is 0 Å². The lowest BCUT2D eigenvalue weighted by molar-refractivity contribution is 0.121. The molecule has 0 aromatic heterocycles. The van der Waals surface area contributed by atoms with Crippen molar-refractivity contribution in [2.75, 3.05) is 11.9 Å². The number of nitrogens with one attached hydrogen (secondary N) is 2. The summed E-state index contributed by atoms with van der Waals surface area (Å²) < 4.78 is 5.58. The van der Waals surface area contributed by atoms with Gasteiger partial charge in [-0.2, -0.15) is 5.26 Å². The molecule has 0 unspecified atom stereocenters. The maximum atomic E-state index is 12.0. The lowest BCUT2D eigenvalue weighted by atomic mass is 10.1. The first-order valence-corrected chi connectivity index (χ1v) is 7.92. The highest BCUT2D eigenvalue weighted by Crippen LogP contribution is 2.12. The minimum absolute atomic E-state index is 0.311. The van der Waals surface area contributed by atoms with Crippen LogP contribution in [0.25, 0.3) is 0 Å². The number of urea groups is 1. The first-order chi connectivity index (χ1) is 11.7. The van der Waals surface area contributed by atoms with Gasteiger partial charge in [-0.1, -0.05) is 37.3 Å². The van der Waals surface area contributed by atoms with Crippen LogP contribution >= 0.6 is 0 Å². The summed E-state index contributed by atoms with van der Waals surface area (Å²) in [5, 5.41) is 14.4. The van der Waals surface area contributed by atoms with E-state index >= 15 is 0 Å². The Morgan fingerprint density at radius 3 is 2.71 bits per heavy atom. The van der Waals surface area contributed by atoms with E-state index in [1.165, 1.54) is 0 Å². The van der Waals surface area contributed by atoms with Crippen LogP contribution in [0.1, 0.15) is 30.0 Å². The number of anilines is 1. The third kappa shape index (κ3) is 5.41. The Bertz CT molecular complexity index is 723. The third-order valence-electron chi connectivity index (χ3n) is 3.41. The number of nitrogens with zero attached hydrogens (tertiary/aromatic N) is 1. The molecule has 0 atom stereocenters. The van der Waals surface area contributed by atoms with Gasteiger partial charge in [-0.25, -0.2) is 4.79 Å². The summed E-state index contributed by atoms with van der Waals surface area (Å²) in [5.41, 5.74) is 3.18. The van der Waals surface area contributed by atoms with Crippen LogP contribution in [0.5, 0.6) is 0 Å². The van der Waals surface area contributed by atoms with Gasteiger partial charge < -0.3 is 15.4 Å². The predicted molar refractivity (Wildman–Crippen MR) is 93.4 cm³/mol. The number of carbonyl (C=O) groups excluding carboxylic acids is 1. The van der Waals surface area contributed by atoms with Gasteiger partial charge in [0.2, 0.25) is 0 Å². The maximum absolute atomic E-state index is 12.0. The zero-order valence-electron chi connectivity index (χ0n) is 13.7. The van der Waals surface area contributed by atoms with Crippen molar-refractivity contribution in [2.45, 2.75) is 26.5 Å². The van der Waals surface area contributed by atoms with E-state index in [1.54, 1.807) is 24.3 Å². The van der Waals surface area contributed by atoms with E-state index in [0.717, 1.165) is 24.2 Å². The average Bonchev–Trinajstić information content (AvgIpc) is 2.61. The molecule has 0 fully saturated rings. The van der Waals surface area contributed by atoms with Crippen LogP contribution in [-0.4, -0.2) is 12.6 Å². The van der Waals surface area contributed by atoms with Crippen LogP contribution in [0.15, 0.2) is 48.5 Å². The normalized spacial score (nSPS) is 10.0. The summed E-state index contributed by atoms with van der Waals surface area (Å²) in [6.07, 6.45) is 0.977. The largest absolute Gasteiger partial charge is 0.377 e. The second-order valence-electron chi connectivity index (χ2n) is 5.32. The molecule has 0 saturated carbocycles. The molecule has 0 spiro atoms. The van der Waals surface area contributed by atoms with Gasteiger partial charge in [0.25, 0.3) is 0 Å². The molecule has 0 aliphatic carbocycles. The quantitative estimate of drug-likeness (QED) is 0.761. The lowest BCUT2D eigenvalue weighted by Crippen LogP contribution is -2.28. The van der Waals surface area contributed by atoms with Gasteiger partial charge in [0.15, 0.2) is 0 Å². The SMILES string of the molecule is CCCOCc1ccccc1CNC(=O)Nc1cccc(C#N)c1. The van der Waals surface area contributed by atoms with Crippen LogP contribution in [-0.2, 0) is 17.9 Å². The number of nitriles is 1. The van der Waals surface area contributed by atoms with Crippen LogP contribution in [0.4, 0.5) is 10.5 Å². The van der Waals surface area contributed by atoms with Gasteiger partial charge in [0, 0.05) is 18.8 Å². The van der Waals surface area contributed by atoms with Crippen LogP contribution < -0.4 is 10.6 Å². The molecule has 0 saturated heterocycles. The highest BCUT2D eigenvalue weighted by atomic mass is 16.5. The molecular formula is C19H21N3O2. The first kappa shape index (κ1) is 17.5. The van der Waals surface area contributed by atoms with Crippen molar-refractivity contribution < 1.29 is 9.53 Å². The summed E-state index contributed by atoms with van der Waals surface area (Å²) in [4.78, 5) is 12.0. The Balaban J connectivity index is 1.90. The standard InChI is InChI=1S/C19H21N3O2/c1-2-10-24-14-17-8-4-3-7-16(17)13-21-19(23)22-18-9-5-6-15(11-18)12-20/h3-9,11H,2,10,13-14H2,1H3,(H2,21,22,23). The topological polar surface area (TPSA) is 74.2 Å².